The normalized spacial score (nSPS) is 11.4. The van der Waals surface area contributed by atoms with Gasteiger partial charge in [-0.05, 0) is 17.5 Å². The highest BCUT2D eigenvalue weighted by Gasteiger charge is 2.17. The Kier molecular flexibility index (Phi) is 5.15. The Morgan fingerprint density at radius 2 is 1.73 bits per heavy atom. The third-order valence-corrected chi connectivity index (χ3v) is 5.20. The van der Waals surface area contributed by atoms with Crippen molar-refractivity contribution < 1.29 is 18.1 Å². The summed E-state index contributed by atoms with van der Waals surface area (Å²) >= 11 is 0. The minimum absolute atomic E-state index is 0.0360. The molecule has 0 saturated carbocycles. The third-order valence-electron chi connectivity index (χ3n) is 3.74. The predicted molar refractivity (Wildman–Crippen MR) is 97.7 cm³/mol. The van der Waals surface area contributed by atoms with Crippen LogP contribution in [0.5, 0.6) is 5.75 Å². The van der Waals surface area contributed by atoms with Gasteiger partial charge in [-0.2, -0.15) is 0 Å². The lowest BCUT2D eigenvalue weighted by molar-refractivity contribution is -0.385. The number of nitro groups is 1. The van der Waals surface area contributed by atoms with E-state index in [9.17, 15) is 18.5 Å². The summed E-state index contributed by atoms with van der Waals surface area (Å²) in [5, 5.41) is 12.7. The molecule has 0 spiro atoms. The smallest absolute Gasteiger partial charge is 0.270 e. The van der Waals surface area contributed by atoms with Gasteiger partial charge in [-0.25, -0.2) is 13.1 Å². The SMILES string of the molecule is O=[N+]([O-])c1cccc(S(=O)(=O)NCCOc2cccc3ccccc23)c1. The van der Waals surface area contributed by atoms with Crippen molar-refractivity contribution in [3.63, 3.8) is 0 Å². The summed E-state index contributed by atoms with van der Waals surface area (Å²) in [6, 6.07) is 18.3. The number of rotatable bonds is 7. The molecule has 0 aliphatic heterocycles. The number of nitrogens with one attached hydrogen (secondary N) is 1. The van der Waals surface area contributed by atoms with E-state index >= 15 is 0 Å². The van der Waals surface area contributed by atoms with Crippen LogP contribution in [0.3, 0.4) is 0 Å². The first-order valence-corrected chi connectivity index (χ1v) is 9.30. The van der Waals surface area contributed by atoms with E-state index in [-0.39, 0.29) is 23.7 Å². The van der Waals surface area contributed by atoms with Crippen LogP contribution in [0.2, 0.25) is 0 Å². The molecule has 3 rings (SSSR count). The van der Waals surface area contributed by atoms with Crippen LogP contribution >= 0.6 is 0 Å². The molecule has 8 heteroatoms. The average molecular weight is 372 g/mol. The quantitative estimate of drug-likeness (QED) is 0.390. The molecule has 0 radical (unpaired) electrons. The molecule has 0 bridgehead atoms. The molecule has 0 unspecified atom stereocenters. The summed E-state index contributed by atoms with van der Waals surface area (Å²) < 4.78 is 32.5. The van der Waals surface area contributed by atoms with Crippen LogP contribution in [0.25, 0.3) is 10.8 Å². The summed E-state index contributed by atoms with van der Waals surface area (Å²) in [6.45, 7) is 0.163. The summed E-state index contributed by atoms with van der Waals surface area (Å²) in [5.41, 5.74) is -0.278. The van der Waals surface area contributed by atoms with Crippen LogP contribution in [0, 0.1) is 10.1 Å². The molecule has 0 aliphatic rings. The van der Waals surface area contributed by atoms with Crippen molar-refractivity contribution in [3.05, 3.63) is 76.8 Å². The molecule has 0 aromatic heterocycles. The molecule has 134 valence electrons. The van der Waals surface area contributed by atoms with Gasteiger partial charge in [-0.15, -0.1) is 0 Å². The number of hydrogen-bond donors (Lipinski definition) is 1. The highest BCUT2D eigenvalue weighted by atomic mass is 32.2. The number of nitrogens with zero attached hydrogens (tertiary/aromatic N) is 1. The maximum Gasteiger partial charge on any atom is 0.270 e. The van der Waals surface area contributed by atoms with E-state index < -0.39 is 14.9 Å². The first-order chi connectivity index (χ1) is 12.5. The molecule has 26 heavy (non-hydrogen) atoms. The Morgan fingerprint density at radius 3 is 2.54 bits per heavy atom. The molecule has 0 fully saturated rings. The van der Waals surface area contributed by atoms with Crippen LogP contribution in [0.15, 0.2) is 71.6 Å². The zero-order valence-electron chi connectivity index (χ0n) is 13.7. The van der Waals surface area contributed by atoms with E-state index in [4.69, 9.17) is 4.74 Å². The monoisotopic (exact) mass is 372 g/mol. The molecular weight excluding hydrogens is 356 g/mol. The Bertz CT molecular complexity index is 1040. The summed E-state index contributed by atoms with van der Waals surface area (Å²) in [6.07, 6.45) is 0. The van der Waals surface area contributed by atoms with Gasteiger partial charge in [0.2, 0.25) is 10.0 Å². The molecule has 0 amide bonds. The maximum absolute atomic E-state index is 12.2. The molecule has 3 aromatic carbocycles. The van der Waals surface area contributed by atoms with E-state index in [1.807, 2.05) is 42.5 Å². The number of ether oxygens (including phenoxy) is 1. The molecule has 7 nitrogen and oxygen atoms in total. The number of sulfonamides is 1. The van der Waals surface area contributed by atoms with Crippen molar-refractivity contribution in [2.75, 3.05) is 13.2 Å². The van der Waals surface area contributed by atoms with Gasteiger partial charge in [0.25, 0.3) is 5.69 Å². The third kappa shape index (κ3) is 3.98. The molecular formula is C18H16N2O5S. The molecule has 0 aliphatic carbocycles. The Hall–Kier alpha value is -2.97. The topological polar surface area (TPSA) is 98.5 Å². The zero-order chi connectivity index (χ0) is 18.6. The Balaban J connectivity index is 1.64. The lowest BCUT2D eigenvalue weighted by Gasteiger charge is -2.10. The van der Waals surface area contributed by atoms with Gasteiger partial charge < -0.3 is 4.74 Å². The van der Waals surface area contributed by atoms with Crippen LogP contribution in [-0.2, 0) is 10.0 Å². The molecule has 0 saturated heterocycles. The van der Waals surface area contributed by atoms with Crippen molar-refractivity contribution in [1.29, 1.82) is 0 Å². The molecule has 0 heterocycles. The zero-order valence-corrected chi connectivity index (χ0v) is 14.5. The highest BCUT2D eigenvalue weighted by Crippen LogP contribution is 2.25. The van der Waals surface area contributed by atoms with Crippen LogP contribution in [-0.4, -0.2) is 26.5 Å². The summed E-state index contributed by atoms with van der Waals surface area (Å²) in [4.78, 5) is 9.98. The van der Waals surface area contributed by atoms with Gasteiger partial charge in [0.15, 0.2) is 0 Å². The lowest BCUT2D eigenvalue weighted by Crippen LogP contribution is -2.28. The number of fused-ring (bicyclic) bond motifs is 1. The van der Waals surface area contributed by atoms with E-state index in [0.717, 1.165) is 16.8 Å². The fraction of sp³-hybridized carbons (Fsp3) is 0.111. The summed E-state index contributed by atoms with van der Waals surface area (Å²) in [7, 11) is -3.85. The second kappa shape index (κ2) is 7.51. The van der Waals surface area contributed by atoms with Gasteiger partial charge in [-0.3, -0.25) is 10.1 Å². The van der Waals surface area contributed by atoms with E-state index in [1.54, 1.807) is 0 Å². The number of nitro benzene ring substituents is 1. The number of benzene rings is 3. The first-order valence-electron chi connectivity index (χ1n) is 7.82. The van der Waals surface area contributed by atoms with Crippen molar-refractivity contribution in [2.24, 2.45) is 0 Å². The van der Waals surface area contributed by atoms with E-state index in [1.165, 1.54) is 18.2 Å². The first kappa shape index (κ1) is 17.8. The Morgan fingerprint density at radius 1 is 1.00 bits per heavy atom. The number of non-ortho nitro benzene ring substituents is 1. The minimum atomic E-state index is -3.85. The van der Waals surface area contributed by atoms with E-state index in [0.29, 0.717) is 5.75 Å². The van der Waals surface area contributed by atoms with E-state index in [2.05, 4.69) is 4.72 Å². The maximum atomic E-state index is 12.2. The van der Waals surface area contributed by atoms with Crippen LogP contribution in [0.4, 0.5) is 5.69 Å². The highest BCUT2D eigenvalue weighted by molar-refractivity contribution is 7.89. The average Bonchev–Trinajstić information content (AvgIpc) is 2.65. The number of hydrogen-bond acceptors (Lipinski definition) is 5. The van der Waals surface area contributed by atoms with Gasteiger partial charge in [0, 0.05) is 24.1 Å². The fourth-order valence-corrected chi connectivity index (χ4v) is 3.56. The van der Waals surface area contributed by atoms with Gasteiger partial charge in [-0.1, -0.05) is 42.5 Å². The fourth-order valence-electron chi connectivity index (χ4n) is 2.51. The van der Waals surface area contributed by atoms with Gasteiger partial charge in [0.05, 0.1) is 9.82 Å². The van der Waals surface area contributed by atoms with Crippen molar-refractivity contribution in [1.82, 2.24) is 4.72 Å². The van der Waals surface area contributed by atoms with Gasteiger partial charge >= 0.3 is 0 Å². The van der Waals surface area contributed by atoms with Gasteiger partial charge in [0.1, 0.15) is 12.4 Å². The predicted octanol–water partition coefficient (Wildman–Crippen LogP) is 3.11. The standard InChI is InChI=1S/C18H16N2O5S/c21-20(22)15-7-4-8-16(13-15)26(23,24)19-11-12-25-18-10-3-6-14-5-1-2-9-17(14)18/h1-10,13,19H,11-12H2. The Labute approximate surface area is 150 Å². The van der Waals surface area contributed by atoms with Crippen molar-refractivity contribution >= 4 is 26.5 Å². The second-order valence-electron chi connectivity index (χ2n) is 5.48. The van der Waals surface area contributed by atoms with Crippen molar-refractivity contribution in [3.8, 4) is 5.75 Å². The molecule has 1 N–H and O–H groups in total. The van der Waals surface area contributed by atoms with Crippen LogP contribution < -0.4 is 9.46 Å². The van der Waals surface area contributed by atoms with Crippen molar-refractivity contribution in [2.45, 2.75) is 4.90 Å². The largest absolute Gasteiger partial charge is 0.492 e. The molecule has 3 aromatic rings. The molecule has 0 atom stereocenters. The minimum Gasteiger partial charge on any atom is -0.492 e. The lowest BCUT2D eigenvalue weighted by atomic mass is 10.1. The second-order valence-corrected chi connectivity index (χ2v) is 7.24. The summed E-state index contributed by atoms with van der Waals surface area (Å²) in [5.74, 6) is 0.664. The van der Waals surface area contributed by atoms with Crippen LogP contribution in [0.1, 0.15) is 0 Å².